The highest BCUT2D eigenvalue weighted by atomic mass is 15.1. The number of fused-ring (bicyclic) bond motifs is 3. The van der Waals surface area contributed by atoms with Gasteiger partial charge in [-0.2, -0.15) is 0 Å². The van der Waals surface area contributed by atoms with E-state index >= 15 is 0 Å². The molecule has 0 bridgehead atoms. The SMILES string of the molecule is CC1(C)c2cc(-c3ccc(-c4ccc(-c5ccccc5)cc4)cc3)ccc2-c2ccc(N(c3ccc(-c4ccc(-c5ccccc5)cc4)cc3)c3ccc(-c4ccc(-c5ccccc5)cc4)cc3)cc21. The van der Waals surface area contributed by atoms with Crippen LogP contribution in [0.25, 0.3) is 89.0 Å². The number of nitrogens with zero attached hydrogens (tertiary/aromatic N) is 1. The molecule has 1 heteroatoms. The second kappa shape index (κ2) is 18.0. The molecular formula is C69H51N. The van der Waals surface area contributed by atoms with Gasteiger partial charge in [-0.1, -0.05) is 244 Å². The first kappa shape index (κ1) is 42.6. The minimum Gasteiger partial charge on any atom is -0.310 e. The molecule has 12 rings (SSSR count). The summed E-state index contributed by atoms with van der Waals surface area (Å²) in [5, 5.41) is 0. The Labute approximate surface area is 412 Å². The van der Waals surface area contributed by atoms with E-state index in [1.807, 2.05) is 0 Å². The Balaban J connectivity index is 0.852. The van der Waals surface area contributed by atoms with Gasteiger partial charge in [-0.05, 0) is 143 Å². The molecule has 0 unspecified atom stereocenters. The van der Waals surface area contributed by atoms with E-state index in [-0.39, 0.29) is 5.41 Å². The maximum atomic E-state index is 2.43. The molecule has 0 spiro atoms. The Morgan fingerprint density at radius 1 is 0.214 bits per heavy atom. The van der Waals surface area contributed by atoms with Crippen molar-refractivity contribution in [3.8, 4) is 89.0 Å². The third-order valence-electron chi connectivity index (χ3n) is 14.4. The zero-order chi connectivity index (χ0) is 47.0. The van der Waals surface area contributed by atoms with Gasteiger partial charge in [-0.25, -0.2) is 0 Å². The van der Waals surface area contributed by atoms with Gasteiger partial charge in [0.05, 0.1) is 0 Å². The molecule has 1 nitrogen and oxygen atoms in total. The zero-order valence-electron chi connectivity index (χ0n) is 39.4. The first-order valence-corrected chi connectivity index (χ1v) is 24.3. The van der Waals surface area contributed by atoms with Crippen LogP contribution in [-0.2, 0) is 5.41 Å². The van der Waals surface area contributed by atoms with Crippen molar-refractivity contribution >= 4 is 17.1 Å². The lowest BCUT2D eigenvalue weighted by Crippen LogP contribution is -2.16. The first-order valence-electron chi connectivity index (χ1n) is 24.3. The summed E-state index contributed by atoms with van der Waals surface area (Å²) >= 11 is 0. The molecule has 11 aromatic carbocycles. The Morgan fingerprint density at radius 2 is 0.443 bits per heavy atom. The van der Waals surface area contributed by atoms with Crippen molar-refractivity contribution in [2.24, 2.45) is 0 Å². The summed E-state index contributed by atoms with van der Waals surface area (Å²) in [6.45, 7) is 4.76. The fraction of sp³-hybridized carbons (Fsp3) is 0.0435. The first-order chi connectivity index (χ1) is 34.4. The van der Waals surface area contributed by atoms with Gasteiger partial charge in [-0.3, -0.25) is 0 Å². The van der Waals surface area contributed by atoms with Crippen LogP contribution >= 0.6 is 0 Å². The highest BCUT2D eigenvalue weighted by Crippen LogP contribution is 2.52. The van der Waals surface area contributed by atoms with Gasteiger partial charge >= 0.3 is 0 Å². The van der Waals surface area contributed by atoms with Crippen LogP contribution in [0.2, 0.25) is 0 Å². The van der Waals surface area contributed by atoms with E-state index in [0.29, 0.717) is 0 Å². The summed E-state index contributed by atoms with van der Waals surface area (Å²) in [6, 6.07) is 99.6. The fourth-order valence-corrected chi connectivity index (χ4v) is 10.4. The summed E-state index contributed by atoms with van der Waals surface area (Å²) in [7, 11) is 0. The van der Waals surface area contributed by atoms with E-state index in [4.69, 9.17) is 0 Å². The molecule has 70 heavy (non-hydrogen) atoms. The van der Waals surface area contributed by atoms with Gasteiger partial charge in [0.2, 0.25) is 0 Å². The Bertz CT molecular complexity index is 3450. The molecule has 1 aliphatic carbocycles. The van der Waals surface area contributed by atoms with E-state index in [2.05, 4.69) is 292 Å². The van der Waals surface area contributed by atoms with Gasteiger partial charge in [0.1, 0.15) is 0 Å². The zero-order valence-corrected chi connectivity index (χ0v) is 39.4. The van der Waals surface area contributed by atoms with Crippen LogP contribution in [0, 0.1) is 0 Å². The van der Waals surface area contributed by atoms with Gasteiger partial charge in [0.25, 0.3) is 0 Å². The van der Waals surface area contributed by atoms with Crippen LogP contribution in [0.1, 0.15) is 25.0 Å². The molecule has 1 aliphatic rings. The monoisotopic (exact) mass is 893 g/mol. The highest BCUT2D eigenvalue weighted by Gasteiger charge is 2.36. The van der Waals surface area contributed by atoms with Gasteiger partial charge in [0, 0.05) is 22.5 Å². The van der Waals surface area contributed by atoms with E-state index in [9.17, 15) is 0 Å². The smallest absolute Gasteiger partial charge is 0.0465 e. The van der Waals surface area contributed by atoms with Crippen molar-refractivity contribution < 1.29 is 0 Å². The fourth-order valence-electron chi connectivity index (χ4n) is 10.4. The van der Waals surface area contributed by atoms with Crippen molar-refractivity contribution in [2.75, 3.05) is 4.90 Å². The molecule has 0 N–H and O–H groups in total. The molecule has 0 fully saturated rings. The standard InChI is InChI=1S/C69H51N/c1-69(2)67-46-61(60-32-30-55(31-33-60)54-24-18-51(19-25-54)48-12-6-3-7-13-48)38-44-65(67)66-45-43-64(47-68(66)69)70(62-39-34-58(35-40-62)56-26-20-52(21-27-56)49-14-8-4-9-15-49)63-41-36-59(37-42-63)57-28-22-53(23-29-57)50-16-10-5-11-17-50/h3-47H,1-2H3. The van der Waals surface area contributed by atoms with Crippen LogP contribution < -0.4 is 4.90 Å². The van der Waals surface area contributed by atoms with Gasteiger partial charge < -0.3 is 4.90 Å². The predicted molar refractivity (Wildman–Crippen MR) is 297 cm³/mol. The van der Waals surface area contributed by atoms with Crippen LogP contribution in [0.5, 0.6) is 0 Å². The van der Waals surface area contributed by atoms with E-state index < -0.39 is 0 Å². The molecule has 0 saturated heterocycles. The molecule has 11 aromatic rings. The van der Waals surface area contributed by atoms with Crippen molar-refractivity contribution in [3.63, 3.8) is 0 Å². The lowest BCUT2D eigenvalue weighted by Gasteiger charge is -2.28. The predicted octanol–water partition coefficient (Wildman–Crippen LogP) is 19.1. The van der Waals surface area contributed by atoms with Crippen molar-refractivity contribution in [1.29, 1.82) is 0 Å². The topological polar surface area (TPSA) is 3.24 Å². The van der Waals surface area contributed by atoms with Crippen molar-refractivity contribution in [3.05, 3.63) is 284 Å². The summed E-state index contributed by atoms with van der Waals surface area (Å²) in [6.07, 6.45) is 0. The minimum absolute atomic E-state index is 0.214. The van der Waals surface area contributed by atoms with E-state index in [1.54, 1.807) is 0 Å². The normalized spacial score (nSPS) is 12.3. The lowest BCUT2D eigenvalue weighted by molar-refractivity contribution is 0.660. The number of hydrogen-bond donors (Lipinski definition) is 0. The summed E-state index contributed by atoms with van der Waals surface area (Å²) in [5.41, 5.74) is 25.4. The summed E-state index contributed by atoms with van der Waals surface area (Å²) in [5.74, 6) is 0. The third-order valence-corrected chi connectivity index (χ3v) is 14.4. The van der Waals surface area contributed by atoms with Crippen molar-refractivity contribution in [2.45, 2.75) is 19.3 Å². The average Bonchev–Trinajstić information content (AvgIpc) is 3.66. The molecule has 0 heterocycles. The summed E-state index contributed by atoms with van der Waals surface area (Å²) in [4.78, 5) is 2.41. The molecule has 0 radical (unpaired) electrons. The van der Waals surface area contributed by atoms with Crippen LogP contribution in [0.15, 0.2) is 273 Å². The molecular weight excluding hydrogens is 843 g/mol. The van der Waals surface area contributed by atoms with E-state index in [0.717, 1.165) is 17.1 Å². The van der Waals surface area contributed by atoms with Gasteiger partial charge in [-0.15, -0.1) is 0 Å². The molecule has 0 aliphatic heterocycles. The number of hydrogen-bond acceptors (Lipinski definition) is 1. The Morgan fingerprint density at radius 3 is 0.771 bits per heavy atom. The minimum atomic E-state index is -0.214. The lowest BCUT2D eigenvalue weighted by atomic mass is 9.81. The molecule has 0 aromatic heterocycles. The molecule has 0 saturated carbocycles. The van der Waals surface area contributed by atoms with Crippen LogP contribution in [0.4, 0.5) is 17.1 Å². The molecule has 0 amide bonds. The Hall–Kier alpha value is -8.78. The average molecular weight is 894 g/mol. The second-order valence-electron chi connectivity index (χ2n) is 19.0. The summed E-state index contributed by atoms with van der Waals surface area (Å²) < 4.78 is 0. The maximum absolute atomic E-state index is 2.43. The van der Waals surface area contributed by atoms with Crippen LogP contribution in [-0.4, -0.2) is 0 Å². The third kappa shape index (κ3) is 8.12. The number of rotatable bonds is 10. The van der Waals surface area contributed by atoms with E-state index in [1.165, 1.54) is 100 Å². The maximum Gasteiger partial charge on any atom is 0.0465 e. The Kier molecular flexibility index (Phi) is 11.0. The highest BCUT2D eigenvalue weighted by molar-refractivity contribution is 5.88. The molecule has 0 atom stereocenters. The molecule has 332 valence electrons. The largest absolute Gasteiger partial charge is 0.310 e. The number of benzene rings is 11. The number of anilines is 3. The quantitative estimate of drug-likeness (QED) is 0.132. The van der Waals surface area contributed by atoms with Gasteiger partial charge in [0.15, 0.2) is 0 Å². The second-order valence-corrected chi connectivity index (χ2v) is 19.0. The van der Waals surface area contributed by atoms with Crippen molar-refractivity contribution in [1.82, 2.24) is 0 Å². The van der Waals surface area contributed by atoms with Crippen LogP contribution in [0.3, 0.4) is 0 Å².